The van der Waals surface area contributed by atoms with Gasteiger partial charge in [-0.3, -0.25) is 43.2 Å². The Morgan fingerprint density at radius 2 is 0.862 bits per heavy atom. The van der Waals surface area contributed by atoms with Crippen LogP contribution in [0.3, 0.4) is 0 Å². The quantitative estimate of drug-likeness (QED) is 0.0106. The van der Waals surface area contributed by atoms with Gasteiger partial charge in [-0.05, 0) is 35.1 Å². The number of hydrogen-bond donors (Lipinski definition) is 7. The summed E-state index contributed by atoms with van der Waals surface area (Å²) in [7, 11) is 0. The first-order valence-corrected chi connectivity index (χ1v) is 42.1. The lowest BCUT2D eigenvalue weighted by Gasteiger charge is -2.21. The van der Waals surface area contributed by atoms with E-state index in [1.165, 1.54) is 0 Å². The van der Waals surface area contributed by atoms with Crippen LogP contribution in [0.1, 0.15) is 243 Å². The molecule has 6 aromatic heterocycles. The Balaban J connectivity index is 0.000000697. The van der Waals surface area contributed by atoms with E-state index < -0.39 is 0 Å². The number of rotatable bonds is 47. The molecular weight excluding hydrogens is 1500 g/mol. The van der Waals surface area contributed by atoms with Crippen molar-refractivity contribution in [3.8, 4) is 0 Å². The highest BCUT2D eigenvalue weighted by atomic mass is 32.1. The minimum absolute atomic E-state index is 0.00620. The van der Waals surface area contributed by atoms with E-state index in [4.69, 9.17) is 25.5 Å². The molecule has 6 atom stereocenters. The van der Waals surface area contributed by atoms with Gasteiger partial charge in [0.2, 0.25) is 0 Å². The topological polar surface area (TPSA) is 463 Å². The first-order valence-electron chi connectivity index (χ1n) is 41.2. The number of oxazole rings is 1. The summed E-state index contributed by atoms with van der Waals surface area (Å²) in [6, 6.07) is 6.03. The van der Waals surface area contributed by atoms with Crippen LogP contribution in [0, 0.1) is 35.5 Å². The van der Waals surface area contributed by atoms with E-state index in [1.54, 1.807) is 33.2 Å². The molecule has 0 saturated carbocycles. The molecule has 33 nitrogen and oxygen atoms in total. The predicted molar refractivity (Wildman–Crippen MR) is 459 cm³/mol. The van der Waals surface area contributed by atoms with E-state index in [2.05, 4.69) is 129 Å². The van der Waals surface area contributed by atoms with E-state index in [0.29, 0.717) is 76.4 Å². The van der Waals surface area contributed by atoms with E-state index in [1.807, 2.05) is 191 Å². The Morgan fingerprint density at radius 3 is 1.23 bits per heavy atom. The molecule has 0 aliphatic rings. The van der Waals surface area contributed by atoms with Crippen LogP contribution in [-0.4, -0.2) is 170 Å². The molecule has 0 aromatic carbocycles. The van der Waals surface area contributed by atoms with Crippen molar-refractivity contribution in [3.05, 3.63) is 130 Å². The zero-order valence-corrected chi connectivity index (χ0v) is 75.4. The summed E-state index contributed by atoms with van der Waals surface area (Å²) in [6.45, 7) is 55.5. The Hall–Kier alpha value is -8.68. The zero-order valence-electron chi connectivity index (χ0n) is 74.6. The number of nitrogens with zero attached hydrogens (tertiary/aromatic N) is 18. The fraction of sp³-hybridized carbons (Fsp3) is 0.720. The molecule has 0 fully saturated rings. The number of H-pyrrole nitrogens is 1. The lowest BCUT2D eigenvalue weighted by atomic mass is 9.97. The van der Waals surface area contributed by atoms with Crippen molar-refractivity contribution >= 4 is 46.0 Å². The number of azide groups is 3. The molecule has 0 radical (unpaired) electrons. The average molecular weight is 1640 g/mol. The van der Waals surface area contributed by atoms with Gasteiger partial charge in [-0.15, -0.1) is 16.4 Å². The second-order valence-corrected chi connectivity index (χ2v) is 33.3. The Labute approximate surface area is 693 Å². The van der Waals surface area contributed by atoms with E-state index >= 15 is 0 Å². The number of hydrogen-bond acceptors (Lipinski definition) is 25. The van der Waals surface area contributed by atoms with Crippen molar-refractivity contribution < 1.29 is 37.7 Å². The van der Waals surface area contributed by atoms with E-state index in [9.17, 15) is 28.8 Å². The van der Waals surface area contributed by atoms with E-state index in [-0.39, 0.29) is 143 Å². The molecule has 0 aliphatic carbocycles. The van der Waals surface area contributed by atoms with Crippen LogP contribution in [0.25, 0.3) is 31.3 Å². The van der Waals surface area contributed by atoms with Gasteiger partial charge in [-0.1, -0.05) is 213 Å². The lowest BCUT2D eigenvalue weighted by Crippen LogP contribution is -2.44. The first kappa shape index (κ1) is 105. The molecule has 7 N–H and O–H groups in total. The van der Waals surface area contributed by atoms with Gasteiger partial charge in [-0.25, -0.2) is 9.97 Å². The van der Waals surface area contributed by atoms with Gasteiger partial charge in [0, 0.05) is 194 Å². The van der Waals surface area contributed by atoms with Crippen LogP contribution in [0.4, 0.5) is 0 Å². The molecule has 6 aromatic rings. The van der Waals surface area contributed by atoms with Crippen LogP contribution in [0.15, 0.2) is 66.5 Å². The number of aromatic amines is 1. The number of nitrogens with one attached hydrogen (secondary N) is 7. The fourth-order valence-electron chi connectivity index (χ4n) is 11.6. The molecule has 6 rings (SSSR count). The van der Waals surface area contributed by atoms with Gasteiger partial charge < -0.3 is 40.8 Å². The summed E-state index contributed by atoms with van der Waals surface area (Å²) >= 11 is 1.68. The van der Waals surface area contributed by atoms with Crippen LogP contribution in [0.2, 0.25) is 0 Å². The molecule has 0 spiro atoms. The second kappa shape index (κ2) is 57.4. The monoisotopic (exact) mass is 1640 g/mol. The van der Waals surface area contributed by atoms with Gasteiger partial charge in [0.25, 0.3) is 0 Å². The minimum Gasteiger partial charge on any atom is -0.449 e. The normalized spacial score (nSPS) is 12.9. The zero-order chi connectivity index (χ0) is 87.9. The van der Waals surface area contributed by atoms with Crippen LogP contribution in [0.5, 0.6) is 0 Å². The molecular formula is C82H141N25O8S. The number of aryl methyl sites for hydroxylation is 3. The molecule has 34 heteroatoms. The third kappa shape index (κ3) is 44.0. The van der Waals surface area contributed by atoms with Crippen molar-refractivity contribution in [2.24, 2.45) is 50.9 Å². The van der Waals surface area contributed by atoms with Gasteiger partial charge in [0.05, 0.1) is 82.0 Å². The molecule has 0 unspecified atom stereocenters. The maximum absolute atomic E-state index is 12.2. The summed E-state index contributed by atoms with van der Waals surface area (Å²) in [5.41, 5.74) is 30.6. The van der Waals surface area contributed by atoms with Gasteiger partial charge in [0.1, 0.15) is 12.0 Å². The molecule has 116 heavy (non-hydrogen) atoms. The lowest BCUT2D eigenvalue weighted by molar-refractivity contribution is -0.124. The molecule has 0 saturated heterocycles. The molecule has 648 valence electrons. The molecule has 6 heterocycles. The van der Waals surface area contributed by atoms with Gasteiger partial charge in [-0.2, -0.15) is 10.2 Å². The molecule has 0 bridgehead atoms. The maximum atomic E-state index is 12.2. The number of thiazole rings is 1. The molecule has 0 aliphatic heterocycles. The van der Waals surface area contributed by atoms with E-state index in [0.717, 1.165) is 70.1 Å². The SMILES string of the molecule is CC(C)N[C@@H](Cc1cc(CN=[N+]=[N-])n[nH]1)C(=O)C(C)C.CC(C)N[C@@H](Cc1ccn(CCN=[N+]=[N-])n1)C(=O)C(C)C.CC(C)N[C@@H](Cc1cn(CCN=[N+]=[N-])nn1)C(=O)C(C)C.CCc1cc(C[C@H](NC(C)C)C(=O)C(C)C)no1.CCc1nc(C[C@H](NC(C)C)C(=O)C(C)C)co1.CCc1nc(C[C@H](NC(C)C)C(=O)C(C)C)cs1. The van der Waals surface area contributed by atoms with Crippen LogP contribution < -0.4 is 31.9 Å². The number of carbonyl (C=O) groups excluding carboxylic acids is 6. The van der Waals surface area contributed by atoms with Crippen molar-refractivity contribution in [3.63, 3.8) is 0 Å². The number of ketones is 6. The summed E-state index contributed by atoms with van der Waals surface area (Å²) < 4.78 is 13.8. The van der Waals surface area contributed by atoms with Crippen LogP contribution in [-0.2, 0) is 106 Å². The highest BCUT2D eigenvalue weighted by Gasteiger charge is 2.29. The number of carbonyl (C=O) groups is 6. The third-order valence-corrected chi connectivity index (χ3v) is 18.2. The maximum Gasteiger partial charge on any atom is 0.193 e. The van der Waals surface area contributed by atoms with Crippen molar-refractivity contribution in [1.29, 1.82) is 0 Å². The Bertz CT molecular complexity index is 3660. The predicted octanol–water partition coefficient (Wildman–Crippen LogP) is 14.0. The first-order chi connectivity index (χ1) is 54.6. The highest BCUT2D eigenvalue weighted by Crippen LogP contribution is 2.18. The van der Waals surface area contributed by atoms with Crippen molar-refractivity contribution in [1.82, 2.24) is 82.0 Å². The summed E-state index contributed by atoms with van der Waals surface area (Å²) in [4.78, 5) is 90.1. The molecule has 0 amide bonds. The third-order valence-electron chi connectivity index (χ3n) is 17.2. The van der Waals surface area contributed by atoms with Gasteiger partial charge >= 0.3 is 0 Å². The van der Waals surface area contributed by atoms with Crippen molar-refractivity contribution in [2.45, 2.75) is 337 Å². The second-order valence-electron chi connectivity index (χ2n) is 32.3. The largest absolute Gasteiger partial charge is 0.449 e. The number of Topliss-reactive ketones (excluding diaryl/α,β-unsaturated/α-hetero) is 6. The van der Waals surface area contributed by atoms with Crippen LogP contribution >= 0.6 is 11.3 Å². The standard InChI is InChI=1S/C14H24N6O.2C14H24N2O2.C14H24N2OS.C13H23N7O.C13H22N6O/c1-10(2)14(21)13(17-11(3)4)9-12-5-7-20(18-12)8-6-16-19-15;1-6-13-16-11(8-18-13)7-12(15-10(4)5)14(17)9(2)3;1-6-12-7-11(16-18-12)8-13(15-10(4)5)14(17)9(2)3;1-6-13-16-11(8-18-13)7-12(15-10(4)5)14(17)9(2)3;1-9(2)13(21)12(16-10(3)4)7-11-8-20(19-17-11)6-5-15-18-14;1-8(2)13(20)12(16-9(3)4)6-10-5-11(18-17-10)7-15-19-14/h5,7,10-11,13,17H,6,8-9H2,1-4H3;8-10,12,15H,6-7H2,1-5H3;7,9-10,13,15H,6,8H2,1-5H3;8-10,12,15H,6-7H2,1-5H3;8-10,12,16H,5-7H2,1-4H3;5,8-9,12,16H,6-7H2,1-4H3,(H,17,18)/t13-;12-;13-;3*12-/m000000/s1. The Morgan fingerprint density at radius 1 is 0.466 bits per heavy atom. The average Bonchev–Trinajstić information content (AvgIpc) is 1.71. The Kier molecular flexibility index (Phi) is 52.1. The number of aromatic nitrogens is 10. The summed E-state index contributed by atoms with van der Waals surface area (Å²) in [5, 5.41) is 56.8. The summed E-state index contributed by atoms with van der Waals surface area (Å²) in [5.74, 6) is 2.94. The fourth-order valence-corrected chi connectivity index (χ4v) is 12.4. The highest BCUT2D eigenvalue weighted by molar-refractivity contribution is 7.09. The van der Waals surface area contributed by atoms with Gasteiger partial charge in [0.15, 0.2) is 40.6 Å². The summed E-state index contributed by atoms with van der Waals surface area (Å²) in [6.07, 6.45) is 11.4. The van der Waals surface area contributed by atoms with Crippen molar-refractivity contribution in [2.75, 3.05) is 13.1 Å². The minimum atomic E-state index is -0.257. The smallest absolute Gasteiger partial charge is 0.193 e.